The van der Waals surface area contributed by atoms with E-state index in [1.54, 1.807) is 10.3 Å². The van der Waals surface area contributed by atoms with E-state index in [9.17, 15) is 19.2 Å². The van der Waals surface area contributed by atoms with Crippen LogP contribution >= 0.6 is 22.7 Å². The third kappa shape index (κ3) is 6.15. The van der Waals surface area contributed by atoms with Gasteiger partial charge in [-0.15, -0.1) is 22.7 Å². The van der Waals surface area contributed by atoms with Crippen LogP contribution in [0.1, 0.15) is 10.6 Å². The summed E-state index contributed by atoms with van der Waals surface area (Å²) in [5.74, 6) is -1.26. The van der Waals surface area contributed by atoms with Crippen molar-refractivity contribution in [2.24, 2.45) is 0 Å². The molecular weight excluding hydrogens is 466 g/mol. The van der Waals surface area contributed by atoms with Gasteiger partial charge >= 0.3 is 11.8 Å². The monoisotopic (exact) mass is 491 g/mol. The molecule has 0 atom stereocenters. The minimum atomic E-state index is -0.522. The van der Waals surface area contributed by atoms with Gasteiger partial charge in [0.25, 0.3) is 0 Å². The van der Waals surface area contributed by atoms with Crippen molar-refractivity contribution >= 4 is 51.4 Å². The Morgan fingerprint density at radius 1 is 0.909 bits per heavy atom. The number of nitrogens with zero attached hydrogens (tertiary/aromatic N) is 4. The topological polar surface area (TPSA) is 112 Å². The number of hydrogen-bond donors (Lipinski definition) is 1. The van der Waals surface area contributed by atoms with Crippen LogP contribution in [0.5, 0.6) is 0 Å². The van der Waals surface area contributed by atoms with Gasteiger partial charge in [0.1, 0.15) is 0 Å². The molecule has 2 aliphatic heterocycles. The summed E-state index contributed by atoms with van der Waals surface area (Å²) in [6, 6.07) is 3.81. The number of nitrogens with one attached hydrogen (secondary N) is 1. The minimum Gasteiger partial charge on any atom is -0.378 e. The number of piperazine rings is 1. The van der Waals surface area contributed by atoms with Crippen molar-refractivity contribution in [2.45, 2.75) is 12.8 Å². The van der Waals surface area contributed by atoms with E-state index in [-0.39, 0.29) is 18.2 Å². The van der Waals surface area contributed by atoms with Crippen molar-refractivity contribution in [3.63, 3.8) is 0 Å². The van der Waals surface area contributed by atoms with Crippen molar-refractivity contribution in [2.75, 3.05) is 57.8 Å². The molecule has 4 rings (SSSR count). The highest BCUT2D eigenvalue weighted by Gasteiger charge is 2.31. The lowest BCUT2D eigenvalue weighted by molar-refractivity contribution is -0.155. The second-order valence-electron chi connectivity index (χ2n) is 7.70. The fourth-order valence-corrected chi connectivity index (χ4v) is 5.07. The number of ether oxygens (including phenoxy) is 1. The molecule has 0 aliphatic carbocycles. The Labute approximate surface area is 199 Å². The average Bonchev–Trinajstić information content (AvgIpc) is 3.50. The summed E-state index contributed by atoms with van der Waals surface area (Å²) in [5, 5.41) is 6.93. The first-order valence-corrected chi connectivity index (χ1v) is 12.5. The molecular formula is C21H25N5O5S2. The standard InChI is InChI=1S/C21H25N5O5S2/c27-17(13-16-2-1-11-32-16)23-21-22-15(14-33-21)12-18(28)24-3-5-25(6-4-24)19(29)20(30)26-7-9-31-10-8-26/h1-2,11,14H,3-10,12-13H2,(H,22,23,27). The maximum Gasteiger partial charge on any atom is 0.312 e. The summed E-state index contributed by atoms with van der Waals surface area (Å²) < 4.78 is 5.22. The highest BCUT2D eigenvalue weighted by atomic mass is 32.1. The quantitative estimate of drug-likeness (QED) is 0.608. The summed E-state index contributed by atoms with van der Waals surface area (Å²) in [6.45, 7) is 3.12. The molecule has 1 N–H and O–H groups in total. The van der Waals surface area contributed by atoms with E-state index >= 15 is 0 Å². The Bertz CT molecular complexity index is 995. The van der Waals surface area contributed by atoms with E-state index in [1.165, 1.54) is 32.5 Å². The molecule has 176 valence electrons. The van der Waals surface area contributed by atoms with Crippen LogP contribution in [0.2, 0.25) is 0 Å². The van der Waals surface area contributed by atoms with Gasteiger partial charge in [-0.1, -0.05) is 6.07 Å². The number of amides is 4. The second kappa shape index (κ2) is 10.9. The molecule has 0 saturated carbocycles. The lowest BCUT2D eigenvalue weighted by atomic mass is 10.2. The van der Waals surface area contributed by atoms with Crippen LogP contribution in [0.3, 0.4) is 0 Å². The average molecular weight is 492 g/mol. The molecule has 33 heavy (non-hydrogen) atoms. The zero-order chi connectivity index (χ0) is 23.2. The van der Waals surface area contributed by atoms with Crippen molar-refractivity contribution in [3.05, 3.63) is 33.5 Å². The molecule has 0 spiro atoms. The third-order valence-corrected chi connectivity index (χ3v) is 7.13. The van der Waals surface area contributed by atoms with E-state index in [0.717, 1.165) is 4.88 Å². The number of carbonyl (C=O) groups excluding carboxylic acids is 4. The van der Waals surface area contributed by atoms with Crippen molar-refractivity contribution < 1.29 is 23.9 Å². The fraction of sp³-hybridized carbons (Fsp3) is 0.476. The van der Waals surface area contributed by atoms with Gasteiger partial charge in [0.15, 0.2) is 5.13 Å². The summed E-state index contributed by atoms with van der Waals surface area (Å²) >= 11 is 2.81. The molecule has 2 fully saturated rings. The SMILES string of the molecule is O=C(Cc1cccs1)Nc1nc(CC(=O)N2CCN(C(=O)C(=O)N3CCOCC3)CC2)cs1. The third-order valence-electron chi connectivity index (χ3n) is 5.45. The number of rotatable bonds is 5. The Morgan fingerprint density at radius 3 is 2.24 bits per heavy atom. The van der Waals surface area contributed by atoms with Crippen molar-refractivity contribution in [1.82, 2.24) is 19.7 Å². The molecule has 0 bridgehead atoms. The molecule has 2 aliphatic rings. The second-order valence-corrected chi connectivity index (χ2v) is 9.59. The lowest BCUT2D eigenvalue weighted by Crippen LogP contribution is -2.55. The first kappa shape index (κ1) is 23.3. The molecule has 0 unspecified atom stereocenters. The van der Waals surface area contributed by atoms with Gasteiger partial charge in [-0.3, -0.25) is 19.2 Å². The van der Waals surface area contributed by atoms with Gasteiger partial charge < -0.3 is 24.8 Å². The Kier molecular flexibility index (Phi) is 7.68. The summed E-state index contributed by atoms with van der Waals surface area (Å²) in [4.78, 5) is 59.7. The Balaban J connectivity index is 1.22. The number of aromatic nitrogens is 1. The van der Waals surface area contributed by atoms with E-state index < -0.39 is 11.8 Å². The van der Waals surface area contributed by atoms with Crippen LogP contribution in [0.15, 0.2) is 22.9 Å². The van der Waals surface area contributed by atoms with Crippen molar-refractivity contribution in [3.8, 4) is 0 Å². The van der Waals surface area contributed by atoms with Crippen LogP contribution < -0.4 is 5.32 Å². The molecule has 12 heteroatoms. The highest BCUT2D eigenvalue weighted by Crippen LogP contribution is 2.18. The van der Waals surface area contributed by atoms with Crippen LogP contribution in [0.4, 0.5) is 5.13 Å². The van der Waals surface area contributed by atoms with Crippen LogP contribution in [-0.2, 0) is 36.8 Å². The van der Waals surface area contributed by atoms with E-state index in [2.05, 4.69) is 10.3 Å². The first-order chi connectivity index (χ1) is 16.0. The number of anilines is 1. The van der Waals surface area contributed by atoms with E-state index in [4.69, 9.17) is 4.74 Å². The van der Waals surface area contributed by atoms with E-state index in [0.29, 0.717) is 69.7 Å². The van der Waals surface area contributed by atoms with Crippen LogP contribution in [0.25, 0.3) is 0 Å². The predicted molar refractivity (Wildman–Crippen MR) is 123 cm³/mol. The zero-order valence-corrected chi connectivity index (χ0v) is 19.7. The van der Waals surface area contributed by atoms with Gasteiger partial charge in [0, 0.05) is 49.5 Å². The Hall–Kier alpha value is -2.83. The first-order valence-electron chi connectivity index (χ1n) is 10.7. The zero-order valence-electron chi connectivity index (χ0n) is 18.0. The maximum atomic E-state index is 12.7. The van der Waals surface area contributed by atoms with Crippen LogP contribution in [0, 0.1) is 0 Å². The molecule has 4 amide bonds. The number of morpholine rings is 1. The van der Waals surface area contributed by atoms with Crippen molar-refractivity contribution in [1.29, 1.82) is 0 Å². The largest absolute Gasteiger partial charge is 0.378 e. The van der Waals surface area contributed by atoms with Gasteiger partial charge in [0.2, 0.25) is 11.8 Å². The van der Waals surface area contributed by atoms with Gasteiger partial charge in [-0.05, 0) is 11.4 Å². The molecule has 2 saturated heterocycles. The number of hydrogen-bond acceptors (Lipinski definition) is 8. The normalized spacial score (nSPS) is 16.5. The fourth-order valence-electron chi connectivity index (χ4n) is 3.64. The number of thiophene rings is 1. The summed E-state index contributed by atoms with van der Waals surface area (Å²) in [5.41, 5.74) is 0.595. The summed E-state index contributed by atoms with van der Waals surface area (Å²) in [6.07, 6.45) is 0.417. The maximum absolute atomic E-state index is 12.7. The Morgan fingerprint density at radius 2 is 1.58 bits per heavy atom. The van der Waals surface area contributed by atoms with Gasteiger partial charge in [-0.25, -0.2) is 4.98 Å². The molecule has 2 aromatic rings. The van der Waals surface area contributed by atoms with Gasteiger partial charge in [-0.2, -0.15) is 0 Å². The predicted octanol–water partition coefficient (Wildman–Crippen LogP) is 0.458. The van der Waals surface area contributed by atoms with Crippen LogP contribution in [-0.4, -0.2) is 95.8 Å². The smallest absolute Gasteiger partial charge is 0.312 e. The van der Waals surface area contributed by atoms with E-state index in [1.807, 2.05) is 17.5 Å². The summed E-state index contributed by atoms with van der Waals surface area (Å²) in [7, 11) is 0. The molecule has 2 aromatic heterocycles. The number of thiazole rings is 1. The lowest BCUT2D eigenvalue weighted by Gasteiger charge is -2.35. The van der Waals surface area contributed by atoms with Gasteiger partial charge in [0.05, 0.1) is 31.7 Å². The minimum absolute atomic E-state index is 0.0941. The molecule has 0 radical (unpaired) electrons. The highest BCUT2D eigenvalue weighted by molar-refractivity contribution is 7.14. The molecule has 4 heterocycles. The molecule has 0 aromatic carbocycles. The number of carbonyl (C=O) groups is 4. The molecule has 10 nitrogen and oxygen atoms in total.